The summed E-state index contributed by atoms with van der Waals surface area (Å²) in [4.78, 5) is 16.2. The molecule has 28 heavy (non-hydrogen) atoms. The summed E-state index contributed by atoms with van der Waals surface area (Å²) in [5.41, 5.74) is 1.64. The highest BCUT2D eigenvalue weighted by molar-refractivity contribution is 7.91. The molecule has 1 fully saturated rings. The Balaban J connectivity index is 1.71. The average molecular weight is 408 g/mol. The summed E-state index contributed by atoms with van der Waals surface area (Å²) in [5.74, 6) is 1.25. The molecule has 0 aliphatic carbocycles. The van der Waals surface area contributed by atoms with Crippen molar-refractivity contribution in [3.8, 4) is 0 Å². The minimum absolute atomic E-state index is 0.0754. The molecule has 2 heterocycles. The molecular weight excluding hydrogens is 378 g/mol. The van der Waals surface area contributed by atoms with Crippen molar-refractivity contribution in [2.45, 2.75) is 43.4 Å². The van der Waals surface area contributed by atoms with Crippen LogP contribution in [0.25, 0.3) is 11.0 Å². The molecule has 7 nitrogen and oxygen atoms in total. The number of aromatic nitrogens is 2. The number of fused-ring (bicyclic) bond motifs is 1. The summed E-state index contributed by atoms with van der Waals surface area (Å²) in [5, 5.41) is 3.39. The topological polar surface area (TPSA) is 90.3 Å². The van der Waals surface area contributed by atoms with Gasteiger partial charge in [0.1, 0.15) is 5.82 Å². The van der Waals surface area contributed by atoms with Gasteiger partial charge in [-0.2, -0.15) is 0 Å². The molecule has 0 radical (unpaired) electrons. The van der Waals surface area contributed by atoms with Gasteiger partial charge in [0.15, 0.2) is 9.84 Å². The summed E-state index contributed by atoms with van der Waals surface area (Å²) in [6.45, 7) is 2.18. The fraction of sp³-hybridized carbons (Fsp3) is 0.600. The maximum absolute atomic E-state index is 12.6. The highest BCUT2D eigenvalue weighted by atomic mass is 32.2. The number of piperidine rings is 1. The zero-order valence-electron chi connectivity index (χ0n) is 16.6. The number of rotatable bonds is 8. The Kier molecular flexibility index (Phi) is 6.72. The monoisotopic (exact) mass is 407 g/mol. The van der Waals surface area contributed by atoms with Gasteiger partial charge in [-0.15, -0.1) is 0 Å². The third-order valence-corrected chi connectivity index (χ3v) is 7.36. The van der Waals surface area contributed by atoms with Crippen LogP contribution in [0.2, 0.25) is 0 Å². The van der Waals surface area contributed by atoms with Gasteiger partial charge in [0.2, 0.25) is 0 Å². The van der Waals surface area contributed by atoms with Gasteiger partial charge in [0, 0.05) is 19.9 Å². The number of carbonyl (C=O) groups is 1. The van der Waals surface area contributed by atoms with Gasteiger partial charge < -0.3 is 14.6 Å². The van der Waals surface area contributed by atoms with Gasteiger partial charge >= 0.3 is 5.97 Å². The fourth-order valence-electron chi connectivity index (χ4n) is 3.77. The first-order valence-corrected chi connectivity index (χ1v) is 11.5. The Morgan fingerprint density at radius 3 is 2.79 bits per heavy atom. The highest BCUT2D eigenvalue weighted by Crippen LogP contribution is 2.24. The molecule has 1 N–H and O–H groups in total. The largest absolute Gasteiger partial charge is 0.469 e. The molecule has 1 aromatic carbocycles. The molecule has 3 rings (SSSR count). The lowest BCUT2D eigenvalue weighted by atomic mass is 9.93. The second kappa shape index (κ2) is 9.05. The molecule has 8 heteroatoms. The average Bonchev–Trinajstić information content (AvgIpc) is 3.02. The van der Waals surface area contributed by atoms with Gasteiger partial charge in [0.25, 0.3) is 0 Å². The highest BCUT2D eigenvalue weighted by Gasteiger charge is 2.19. The van der Waals surface area contributed by atoms with E-state index in [9.17, 15) is 13.2 Å². The van der Waals surface area contributed by atoms with Crippen molar-refractivity contribution in [1.29, 1.82) is 0 Å². The maximum Gasteiger partial charge on any atom is 0.305 e. The van der Waals surface area contributed by atoms with E-state index < -0.39 is 15.8 Å². The number of nitrogens with one attached hydrogen (secondary N) is 1. The van der Waals surface area contributed by atoms with Crippen molar-refractivity contribution >= 4 is 26.8 Å². The summed E-state index contributed by atoms with van der Waals surface area (Å²) in [7, 11) is -0.202. The van der Waals surface area contributed by atoms with Crippen LogP contribution in [0.4, 0.5) is 0 Å². The van der Waals surface area contributed by atoms with Crippen molar-refractivity contribution in [2.24, 2.45) is 13.0 Å². The maximum atomic E-state index is 12.6. The van der Waals surface area contributed by atoms with Gasteiger partial charge in [-0.05, 0) is 62.9 Å². The fourth-order valence-corrected chi connectivity index (χ4v) is 5.09. The van der Waals surface area contributed by atoms with E-state index in [-0.39, 0.29) is 23.5 Å². The predicted octanol–water partition coefficient (Wildman–Crippen LogP) is 2.23. The lowest BCUT2D eigenvalue weighted by molar-refractivity contribution is -0.140. The first-order chi connectivity index (χ1) is 13.4. The van der Waals surface area contributed by atoms with Crippen molar-refractivity contribution < 1.29 is 17.9 Å². The number of methoxy groups -OCH3 is 1. The molecule has 0 unspecified atom stereocenters. The van der Waals surface area contributed by atoms with Crippen LogP contribution in [0.3, 0.4) is 0 Å². The molecule has 154 valence electrons. The number of hydrogen-bond donors (Lipinski definition) is 1. The standard InChI is InChI=1S/C20H29N3O4S/c1-23-18-14-16(28(25,26)13-3-4-20(24)27-2)6-7-17(18)22-19(23)8-5-15-9-11-21-12-10-15/h6-7,14-15,21H,3-5,8-13H2,1-2H3. The summed E-state index contributed by atoms with van der Waals surface area (Å²) in [6.07, 6.45) is 4.77. The Labute approximate surface area is 166 Å². The second-order valence-electron chi connectivity index (χ2n) is 7.47. The zero-order valence-corrected chi connectivity index (χ0v) is 17.4. The van der Waals surface area contributed by atoms with E-state index in [1.807, 2.05) is 11.6 Å². The van der Waals surface area contributed by atoms with E-state index in [1.165, 1.54) is 20.0 Å². The summed E-state index contributed by atoms with van der Waals surface area (Å²) < 4.78 is 31.8. The van der Waals surface area contributed by atoms with E-state index in [0.29, 0.717) is 0 Å². The summed E-state index contributed by atoms with van der Waals surface area (Å²) in [6, 6.07) is 5.08. The Hall–Kier alpha value is -1.93. The first kappa shape index (κ1) is 20.8. The molecule has 1 aromatic heterocycles. The van der Waals surface area contributed by atoms with E-state index in [4.69, 9.17) is 4.98 Å². The van der Waals surface area contributed by atoms with E-state index in [2.05, 4.69) is 10.1 Å². The molecule has 1 aliphatic rings. The molecule has 0 amide bonds. The Morgan fingerprint density at radius 1 is 1.32 bits per heavy atom. The molecular formula is C20H29N3O4S. The number of ether oxygens (including phenoxy) is 1. The number of esters is 1. The predicted molar refractivity (Wildman–Crippen MR) is 108 cm³/mol. The van der Waals surface area contributed by atoms with Gasteiger partial charge in [-0.25, -0.2) is 13.4 Å². The van der Waals surface area contributed by atoms with Crippen LogP contribution >= 0.6 is 0 Å². The SMILES string of the molecule is COC(=O)CCCS(=O)(=O)c1ccc2nc(CCC3CCNCC3)n(C)c2c1. The zero-order chi connectivity index (χ0) is 20.1. The van der Waals surface area contributed by atoms with Crippen LogP contribution in [0, 0.1) is 5.92 Å². The Morgan fingerprint density at radius 2 is 2.07 bits per heavy atom. The van der Waals surface area contributed by atoms with Crippen molar-refractivity contribution in [3.63, 3.8) is 0 Å². The minimum Gasteiger partial charge on any atom is -0.469 e. The van der Waals surface area contributed by atoms with Gasteiger partial charge in [-0.3, -0.25) is 4.79 Å². The van der Waals surface area contributed by atoms with E-state index >= 15 is 0 Å². The van der Waals surface area contributed by atoms with E-state index in [0.717, 1.165) is 48.7 Å². The van der Waals surface area contributed by atoms with Crippen LogP contribution < -0.4 is 5.32 Å². The quantitative estimate of drug-likeness (QED) is 0.675. The van der Waals surface area contributed by atoms with Gasteiger partial charge in [-0.1, -0.05) is 0 Å². The molecule has 0 spiro atoms. The van der Waals surface area contributed by atoms with Crippen molar-refractivity contribution in [2.75, 3.05) is 26.0 Å². The number of imidazole rings is 1. The normalized spacial score (nSPS) is 15.8. The smallest absolute Gasteiger partial charge is 0.305 e. The molecule has 2 aromatic rings. The lowest BCUT2D eigenvalue weighted by Crippen LogP contribution is -2.28. The van der Waals surface area contributed by atoms with Crippen LogP contribution in [0.1, 0.15) is 37.9 Å². The van der Waals surface area contributed by atoms with Crippen LogP contribution in [-0.2, 0) is 32.8 Å². The van der Waals surface area contributed by atoms with E-state index in [1.54, 1.807) is 18.2 Å². The molecule has 0 saturated carbocycles. The van der Waals surface area contributed by atoms with Crippen molar-refractivity contribution in [3.05, 3.63) is 24.0 Å². The molecule has 0 atom stereocenters. The molecule has 0 bridgehead atoms. The number of hydrogen-bond acceptors (Lipinski definition) is 6. The van der Waals surface area contributed by atoms with Crippen LogP contribution in [-0.4, -0.2) is 49.9 Å². The third-order valence-electron chi connectivity index (χ3n) is 5.56. The van der Waals surface area contributed by atoms with Crippen molar-refractivity contribution in [1.82, 2.24) is 14.9 Å². The number of carbonyl (C=O) groups excluding carboxylic acids is 1. The number of nitrogens with zero attached hydrogens (tertiary/aromatic N) is 2. The third kappa shape index (κ3) is 4.91. The number of aryl methyl sites for hydroxylation is 2. The molecule has 1 aliphatic heterocycles. The summed E-state index contributed by atoms with van der Waals surface area (Å²) >= 11 is 0. The molecule has 1 saturated heterocycles. The first-order valence-electron chi connectivity index (χ1n) is 9.86. The van der Waals surface area contributed by atoms with Gasteiger partial charge in [0.05, 0.1) is 28.8 Å². The number of sulfone groups is 1. The lowest BCUT2D eigenvalue weighted by Gasteiger charge is -2.22. The minimum atomic E-state index is -3.45. The second-order valence-corrected chi connectivity index (χ2v) is 9.58. The van der Waals surface area contributed by atoms with Crippen LogP contribution in [0.5, 0.6) is 0 Å². The Bertz CT molecular complexity index is 930. The van der Waals surface area contributed by atoms with Crippen LogP contribution in [0.15, 0.2) is 23.1 Å². The number of benzene rings is 1.